The minimum Gasteiger partial charge on any atom is -0.492 e. The molecule has 1 atom stereocenters. The molecule has 1 saturated heterocycles. The lowest BCUT2D eigenvalue weighted by Crippen LogP contribution is -2.50. The maximum Gasteiger partial charge on any atom is 0.410 e. The van der Waals surface area contributed by atoms with Crippen molar-refractivity contribution in [2.24, 2.45) is 0 Å². The first-order valence-electron chi connectivity index (χ1n) is 9.72. The number of aromatic hydroxyl groups is 1. The highest BCUT2D eigenvalue weighted by Gasteiger charge is 2.33. The van der Waals surface area contributed by atoms with Crippen molar-refractivity contribution in [1.29, 1.82) is 0 Å². The Kier molecular flexibility index (Phi) is 5.37. The Labute approximate surface area is 177 Å². The molecule has 3 aromatic rings. The molecule has 1 amide bonds. The number of ether oxygens (including phenoxy) is 1. The second-order valence-electron chi connectivity index (χ2n) is 8.21. The van der Waals surface area contributed by atoms with Crippen molar-refractivity contribution in [1.82, 2.24) is 24.4 Å². The number of hydrogen-bond acceptors (Lipinski definition) is 7. The Morgan fingerprint density at radius 1 is 1.27 bits per heavy atom. The van der Waals surface area contributed by atoms with Gasteiger partial charge in [0, 0.05) is 26.2 Å². The maximum absolute atomic E-state index is 14.0. The summed E-state index contributed by atoms with van der Waals surface area (Å²) in [5, 5.41) is 14.8. The molecular formula is C20H24FN5O3S. The average Bonchev–Trinajstić information content (AvgIpc) is 3.25. The molecule has 1 N–H and O–H groups in total. The fraction of sp³-hybridized carbons (Fsp3) is 0.450. The van der Waals surface area contributed by atoms with Crippen molar-refractivity contribution >= 4 is 22.4 Å². The molecule has 30 heavy (non-hydrogen) atoms. The van der Waals surface area contributed by atoms with Crippen LogP contribution >= 0.6 is 11.3 Å². The van der Waals surface area contributed by atoms with Crippen LogP contribution in [0.25, 0.3) is 4.96 Å². The number of amides is 1. The second-order valence-corrected chi connectivity index (χ2v) is 9.21. The van der Waals surface area contributed by atoms with Gasteiger partial charge in [-0.05, 0) is 38.5 Å². The monoisotopic (exact) mass is 433 g/mol. The highest BCUT2D eigenvalue weighted by molar-refractivity contribution is 7.17. The summed E-state index contributed by atoms with van der Waals surface area (Å²) in [6, 6.07) is 5.98. The molecule has 1 fully saturated rings. The van der Waals surface area contributed by atoms with Crippen LogP contribution in [0.15, 0.2) is 30.6 Å². The number of thiazole rings is 1. The van der Waals surface area contributed by atoms with Gasteiger partial charge in [0.2, 0.25) is 10.8 Å². The van der Waals surface area contributed by atoms with Crippen LogP contribution in [0.1, 0.15) is 37.3 Å². The van der Waals surface area contributed by atoms with E-state index in [1.165, 1.54) is 34.3 Å². The molecule has 1 unspecified atom stereocenters. The Hall–Kier alpha value is -2.72. The summed E-state index contributed by atoms with van der Waals surface area (Å²) in [5.74, 6) is -0.347. The number of hydrogen-bond donors (Lipinski definition) is 1. The summed E-state index contributed by atoms with van der Waals surface area (Å²) >= 11 is 1.32. The van der Waals surface area contributed by atoms with Crippen LogP contribution in [0.4, 0.5) is 9.18 Å². The summed E-state index contributed by atoms with van der Waals surface area (Å²) < 4.78 is 20.8. The van der Waals surface area contributed by atoms with E-state index in [1.807, 2.05) is 26.8 Å². The van der Waals surface area contributed by atoms with E-state index in [1.54, 1.807) is 11.0 Å². The van der Waals surface area contributed by atoms with Gasteiger partial charge in [-0.1, -0.05) is 23.5 Å². The molecule has 1 aliphatic heterocycles. The molecule has 1 aliphatic rings. The van der Waals surface area contributed by atoms with E-state index in [0.29, 0.717) is 36.0 Å². The molecule has 0 spiro atoms. The molecule has 4 rings (SSSR count). The molecule has 0 aliphatic carbocycles. The number of halogens is 1. The maximum atomic E-state index is 14.0. The first-order chi connectivity index (χ1) is 14.2. The number of piperazine rings is 1. The first-order valence-corrected chi connectivity index (χ1v) is 10.5. The van der Waals surface area contributed by atoms with Crippen LogP contribution in [0.3, 0.4) is 0 Å². The summed E-state index contributed by atoms with van der Waals surface area (Å²) in [7, 11) is 0. The molecule has 0 bridgehead atoms. The number of rotatable bonds is 3. The van der Waals surface area contributed by atoms with Crippen LogP contribution in [-0.4, -0.2) is 67.4 Å². The van der Waals surface area contributed by atoms with Gasteiger partial charge in [-0.15, -0.1) is 0 Å². The van der Waals surface area contributed by atoms with Crippen LogP contribution in [-0.2, 0) is 4.74 Å². The molecular weight excluding hydrogens is 409 g/mol. The van der Waals surface area contributed by atoms with E-state index in [9.17, 15) is 14.3 Å². The van der Waals surface area contributed by atoms with Gasteiger partial charge in [0.1, 0.15) is 17.7 Å². The third-order valence-electron chi connectivity index (χ3n) is 4.88. The average molecular weight is 434 g/mol. The summed E-state index contributed by atoms with van der Waals surface area (Å²) in [4.78, 5) is 21.6. The lowest BCUT2D eigenvalue weighted by molar-refractivity contribution is 0.0119. The summed E-state index contributed by atoms with van der Waals surface area (Å²) in [6.45, 7) is 7.56. The van der Waals surface area contributed by atoms with Crippen molar-refractivity contribution in [3.05, 3.63) is 46.9 Å². The highest BCUT2D eigenvalue weighted by atomic mass is 32.1. The molecule has 160 valence electrons. The predicted molar refractivity (Wildman–Crippen MR) is 110 cm³/mol. The largest absolute Gasteiger partial charge is 0.492 e. The minimum absolute atomic E-state index is 0.00340. The smallest absolute Gasteiger partial charge is 0.410 e. The van der Waals surface area contributed by atoms with Crippen molar-refractivity contribution < 1.29 is 19.0 Å². The van der Waals surface area contributed by atoms with Gasteiger partial charge in [0.05, 0.1) is 10.9 Å². The van der Waals surface area contributed by atoms with Crippen molar-refractivity contribution in [2.75, 3.05) is 26.2 Å². The molecule has 8 nitrogen and oxygen atoms in total. The fourth-order valence-electron chi connectivity index (χ4n) is 3.57. The SMILES string of the molecule is CC(C)(C)OC(=O)N1CCN(C(c2cccc(F)c2)c2sc3ncnn3c2O)CC1. The number of benzene rings is 1. The van der Waals surface area contributed by atoms with Gasteiger partial charge in [-0.2, -0.15) is 9.61 Å². The molecule has 3 heterocycles. The van der Waals surface area contributed by atoms with E-state index in [-0.39, 0.29) is 23.8 Å². The van der Waals surface area contributed by atoms with E-state index in [0.717, 1.165) is 5.56 Å². The summed E-state index contributed by atoms with van der Waals surface area (Å²) in [5.41, 5.74) is 0.170. The molecule has 2 aromatic heterocycles. The predicted octanol–water partition coefficient (Wildman–Crippen LogP) is 3.28. The number of fused-ring (bicyclic) bond motifs is 1. The normalized spacial score (nSPS) is 16.7. The van der Waals surface area contributed by atoms with Gasteiger partial charge >= 0.3 is 6.09 Å². The molecule has 0 radical (unpaired) electrons. The number of carbonyl (C=O) groups excluding carboxylic acids is 1. The van der Waals surface area contributed by atoms with Gasteiger partial charge in [-0.3, -0.25) is 4.90 Å². The van der Waals surface area contributed by atoms with Gasteiger partial charge in [-0.25, -0.2) is 14.2 Å². The van der Waals surface area contributed by atoms with Gasteiger partial charge < -0.3 is 14.7 Å². The fourth-order valence-corrected chi connectivity index (χ4v) is 4.66. The molecule has 10 heteroatoms. The Morgan fingerprint density at radius 2 is 2.00 bits per heavy atom. The standard InChI is InChI=1S/C20H24FN5O3S/c1-20(2,3)29-19(28)25-9-7-24(8-10-25)15(13-5-4-6-14(21)11-13)16-17(27)26-18(30-16)22-12-23-26/h4-6,11-12,15,27H,7-10H2,1-3H3. The van der Waals surface area contributed by atoms with E-state index in [2.05, 4.69) is 15.0 Å². The van der Waals surface area contributed by atoms with Crippen LogP contribution < -0.4 is 0 Å². The number of nitrogens with zero attached hydrogens (tertiary/aromatic N) is 5. The third-order valence-corrected chi connectivity index (χ3v) is 5.97. The van der Waals surface area contributed by atoms with Gasteiger partial charge in [0.25, 0.3) is 0 Å². The zero-order valence-corrected chi connectivity index (χ0v) is 17.9. The Morgan fingerprint density at radius 3 is 2.63 bits per heavy atom. The van der Waals surface area contributed by atoms with Crippen molar-refractivity contribution in [3.63, 3.8) is 0 Å². The Balaban J connectivity index is 1.61. The van der Waals surface area contributed by atoms with E-state index in [4.69, 9.17) is 4.74 Å². The number of carbonyl (C=O) groups is 1. The topological polar surface area (TPSA) is 83.2 Å². The lowest BCUT2D eigenvalue weighted by atomic mass is 10.0. The summed E-state index contributed by atoms with van der Waals surface area (Å²) in [6.07, 6.45) is 1.04. The third kappa shape index (κ3) is 4.10. The molecule has 1 aromatic carbocycles. The number of aromatic nitrogens is 3. The van der Waals surface area contributed by atoms with Crippen LogP contribution in [0.5, 0.6) is 5.88 Å². The van der Waals surface area contributed by atoms with Crippen LogP contribution in [0.2, 0.25) is 0 Å². The van der Waals surface area contributed by atoms with Gasteiger partial charge in [0.15, 0.2) is 0 Å². The molecule has 0 saturated carbocycles. The zero-order chi connectivity index (χ0) is 21.5. The zero-order valence-electron chi connectivity index (χ0n) is 17.1. The van der Waals surface area contributed by atoms with Crippen molar-refractivity contribution in [2.45, 2.75) is 32.4 Å². The Bertz CT molecular complexity index is 1050. The van der Waals surface area contributed by atoms with Crippen LogP contribution in [0, 0.1) is 5.82 Å². The second kappa shape index (κ2) is 7.84. The quantitative estimate of drug-likeness (QED) is 0.683. The minimum atomic E-state index is -0.553. The highest BCUT2D eigenvalue weighted by Crippen LogP contribution is 2.40. The van der Waals surface area contributed by atoms with E-state index >= 15 is 0 Å². The van der Waals surface area contributed by atoms with Crippen molar-refractivity contribution in [3.8, 4) is 5.88 Å². The van der Waals surface area contributed by atoms with E-state index < -0.39 is 5.60 Å². The lowest BCUT2D eigenvalue weighted by Gasteiger charge is -2.39. The first kappa shape index (κ1) is 20.5.